The molecule has 0 radical (unpaired) electrons. The summed E-state index contributed by atoms with van der Waals surface area (Å²) in [6.07, 6.45) is 0. The number of hydrogen-bond donors (Lipinski definition) is 3. The van der Waals surface area contributed by atoms with E-state index in [1.165, 1.54) is 10.7 Å². The van der Waals surface area contributed by atoms with Gasteiger partial charge in [0, 0.05) is 20.4 Å². The number of aromatic nitrogens is 4. The maximum absolute atomic E-state index is 11.7. The molecule has 5 nitrogen and oxygen atoms in total. The topological polar surface area (TPSA) is 66.5 Å². The molecule has 0 saturated heterocycles. The fraction of sp³-hybridized carbons (Fsp3) is 0.0909. The molecule has 0 atom stereocenters. The number of H-pyrrole nitrogens is 2. The van der Waals surface area contributed by atoms with Crippen molar-refractivity contribution in [2.45, 2.75) is 5.75 Å². The molecular formula is C11H14N4OS. The van der Waals surface area contributed by atoms with Gasteiger partial charge in [0.15, 0.2) is 0 Å². The number of imidazole rings is 1. The molecule has 0 aliphatic heterocycles. The Labute approximate surface area is 105 Å². The molecule has 17 heavy (non-hydrogen) atoms. The maximum atomic E-state index is 11.7. The number of nitrogens with zero attached hydrogens (tertiary/aromatic N) is 2. The molecule has 1 aromatic carbocycles. The van der Waals surface area contributed by atoms with Crippen molar-refractivity contribution in [3.05, 3.63) is 46.4 Å². The lowest BCUT2D eigenvalue weighted by Crippen LogP contribution is -2.14. The van der Waals surface area contributed by atoms with Gasteiger partial charge in [0.25, 0.3) is 5.56 Å². The third-order valence-electron chi connectivity index (χ3n) is 2.53. The average molecular weight is 250 g/mol. The highest BCUT2D eigenvalue weighted by molar-refractivity contribution is 7.79. The normalized spacial score (nSPS) is 11.1. The van der Waals surface area contributed by atoms with Gasteiger partial charge < -0.3 is 4.98 Å². The van der Waals surface area contributed by atoms with E-state index in [0.717, 1.165) is 16.7 Å². The fourth-order valence-corrected chi connectivity index (χ4v) is 1.89. The number of fused-ring (bicyclic) bond motifs is 1. The minimum absolute atomic E-state index is 0. The van der Waals surface area contributed by atoms with E-state index in [2.05, 4.69) is 27.7 Å². The van der Waals surface area contributed by atoms with Gasteiger partial charge in [0.2, 0.25) is 5.95 Å². The number of hydrogen-bond acceptors (Lipinski definition) is 3. The van der Waals surface area contributed by atoms with Crippen LogP contribution in [0.3, 0.4) is 0 Å². The van der Waals surface area contributed by atoms with E-state index in [1.807, 2.05) is 24.3 Å². The summed E-state index contributed by atoms with van der Waals surface area (Å²) in [5.41, 5.74) is 2.35. The minimum Gasteiger partial charge on any atom is -0.322 e. The predicted octanol–water partition coefficient (Wildman–Crippen LogP) is 1.96. The number of para-hydroxylation sites is 2. The van der Waals surface area contributed by atoms with Gasteiger partial charge in [-0.05, 0) is 12.1 Å². The van der Waals surface area contributed by atoms with Crippen molar-refractivity contribution in [1.82, 2.24) is 19.7 Å². The molecule has 6 heteroatoms. The number of benzene rings is 1. The van der Waals surface area contributed by atoms with Crippen LogP contribution in [0.5, 0.6) is 0 Å². The third-order valence-corrected chi connectivity index (χ3v) is 2.87. The molecule has 0 aliphatic rings. The van der Waals surface area contributed by atoms with Gasteiger partial charge in [-0.15, -0.1) is 0 Å². The molecule has 0 amide bonds. The summed E-state index contributed by atoms with van der Waals surface area (Å²) in [7, 11) is 0. The zero-order valence-electron chi connectivity index (χ0n) is 8.84. The Morgan fingerprint density at radius 2 is 2.24 bits per heavy atom. The first-order valence-corrected chi connectivity index (χ1v) is 5.78. The molecule has 3 aromatic rings. The lowest BCUT2D eigenvalue weighted by atomic mass is 10.3. The first-order valence-electron chi connectivity index (χ1n) is 5.15. The Morgan fingerprint density at radius 1 is 1.41 bits per heavy atom. The van der Waals surface area contributed by atoms with Crippen LogP contribution in [0, 0.1) is 0 Å². The van der Waals surface area contributed by atoms with Crippen LogP contribution in [-0.2, 0) is 5.75 Å². The predicted molar refractivity (Wildman–Crippen MR) is 73.0 cm³/mol. The SMILES string of the molecule is O=c1cc(CS)[nH]n1-c1nc2ccccc2[nH]1.[HH].[HH]. The maximum Gasteiger partial charge on any atom is 0.274 e. The standard InChI is InChI=1S/C11H10N4OS.2H2/c16-10-5-7(6-17)14-15(10)11-12-8-3-1-2-4-9(8)13-11;;/h1-5,14,17H,6H2,(H,12,13);2*1H. The third kappa shape index (κ3) is 1.66. The Kier molecular flexibility index (Phi) is 2.29. The molecule has 3 rings (SSSR count). The van der Waals surface area contributed by atoms with Crippen molar-refractivity contribution < 1.29 is 2.85 Å². The van der Waals surface area contributed by atoms with E-state index < -0.39 is 0 Å². The smallest absolute Gasteiger partial charge is 0.274 e. The molecule has 90 valence electrons. The monoisotopic (exact) mass is 250 g/mol. The second-order valence-corrected chi connectivity index (χ2v) is 4.01. The number of thiol groups is 1. The van der Waals surface area contributed by atoms with Gasteiger partial charge in [-0.2, -0.15) is 17.3 Å². The Morgan fingerprint density at radius 3 is 2.94 bits per heavy atom. The molecule has 0 spiro atoms. The van der Waals surface area contributed by atoms with E-state index in [1.54, 1.807) is 0 Å². The van der Waals surface area contributed by atoms with Crippen molar-refractivity contribution in [3.8, 4) is 5.95 Å². The van der Waals surface area contributed by atoms with Crippen LogP contribution >= 0.6 is 12.6 Å². The van der Waals surface area contributed by atoms with Crippen molar-refractivity contribution in [2.24, 2.45) is 0 Å². The highest BCUT2D eigenvalue weighted by Gasteiger charge is 2.08. The van der Waals surface area contributed by atoms with Crippen LogP contribution in [0.25, 0.3) is 17.0 Å². The Hall–Kier alpha value is -1.95. The van der Waals surface area contributed by atoms with E-state index in [9.17, 15) is 4.79 Å². The molecule has 0 bridgehead atoms. The van der Waals surface area contributed by atoms with Crippen LogP contribution in [-0.4, -0.2) is 19.7 Å². The minimum atomic E-state index is -0.145. The van der Waals surface area contributed by atoms with Gasteiger partial charge in [-0.1, -0.05) is 12.1 Å². The number of nitrogens with one attached hydrogen (secondary N) is 2. The van der Waals surface area contributed by atoms with Crippen LogP contribution in [0.4, 0.5) is 0 Å². The molecule has 0 fully saturated rings. The van der Waals surface area contributed by atoms with Crippen LogP contribution in [0.2, 0.25) is 0 Å². The number of rotatable bonds is 2. The Balaban J connectivity index is 0.000000902. The van der Waals surface area contributed by atoms with Crippen molar-refractivity contribution in [1.29, 1.82) is 0 Å². The van der Waals surface area contributed by atoms with Gasteiger partial charge >= 0.3 is 0 Å². The first-order chi connectivity index (χ1) is 8.28. The lowest BCUT2D eigenvalue weighted by molar-refractivity contribution is 0.789. The molecule has 2 N–H and O–H groups in total. The summed E-state index contributed by atoms with van der Waals surface area (Å²) in [5, 5.41) is 2.94. The quantitative estimate of drug-likeness (QED) is 0.609. The van der Waals surface area contributed by atoms with Crippen molar-refractivity contribution in [2.75, 3.05) is 0 Å². The van der Waals surface area contributed by atoms with Gasteiger partial charge in [-0.3, -0.25) is 9.89 Å². The highest BCUT2D eigenvalue weighted by atomic mass is 32.1. The lowest BCUT2D eigenvalue weighted by Gasteiger charge is -1.94. The fourth-order valence-electron chi connectivity index (χ4n) is 1.73. The van der Waals surface area contributed by atoms with E-state index in [0.29, 0.717) is 11.7 Å². The summed E-state index contributed by atoms with van der Waals surface area (Å²) in [6, 6.07) is 9.15. The van der Waals surface area contributed by atoms with Crippen molar-refractivity contribution >= 4 is 23.7 Å². The second-order valence-electron chi connectivity index (χ2n) is 3.69. The van der Waals surface area contributed by atoms with Gasteiger partial charge in [0.1, 0.15) is 0 Å². The zero-order chi connectivity index (χ0) is 11.8. The molecule has 0 aliphatic carbocycles. The largest absolute Gasteiger partial charge is 0.322 e. The molecule has 2 aromatic heterocycles. The van der Waals surface area contributed by atoms with Crippen LogP contribution in [0.15, 0.2) is 35.1 Å². The average Bonchev–Trinajstić information content (AvgIpc) is 2.91. The molecule has 0 saturated carbocycles. The van der Waals surface area contributed by atoms with E-state index >= 15 is 0 Å². The number of aromatic amines is 2. The summed E-state index contributed by atoms with van der Waals surface area (Å²) >= 11 is 4.12. The Bertz CT molecular complexity index is 700. The highest BCUT2D eigenvalue weighted by Crippen LogP contribution is 2.11. The first kappa shape index (κ1) is 10.2. The molecular weight excluding hydrogens is 236 g/mol. The van der Waals surface area contributed by atoms with E-state index in [-0.39, 0.29) is 8.41 Å². The van der Waals surface area contributed by atoms with Gasteiger partial charge in [-0.25, -0.2) is 4.98 Å². The summed E-state index contributed by atoms with van der Waals surface area (Å²) in [5.74, 6) is 0.979. The zero-order valence-corrected chi connectivity index (χ0v) is 9.74. The van der Waals surface area contributed by atoms with Crippen LogP contribution < -0.4 is 5.56 Å². The van der Waals surface area contributed by atoms with E-state index in [4.69, 9.17) is 0 Å². The summed E-state index contributed by atoms with van der Waals surface area (Å²) in [6.45, 7) is 0. The second kappa shape index (κ2) is 3.81. The van der Waals surface area contributed by atoms with Gasteiger partial charge in [0.05, 0.1) is 11.0 Å². The summed E-state index contributed by atoms with van der Waals surface area (Å²) in [4.78, 5) is 19.1. The van der Waals surface area contributed by atoms with Crippen LogP contribution in [0.1, 0.15) is 8.55 Å². The molecule has 0 unspecified atom stereocenters. The summed E-state index contributed by atoms with van der Waals surface area (Å²) < 4.78 is 1.38. The van der Waals surface area contributed by atoms with Crippen molar-refractivity contribution in [3.63, 3.8) is 0 Å². The molecule has 2 heterocycles.